The number of anilines is 1. The van der Waals surface area contributed by atoms with Crippen LogP contribution < -0.4 is 5.32 Å². The van der Waals surface area contributed by atoms with Crippen LogP contribution in [-0.4, -0.2) is 34.8 Å². The highest BCUT2D eigenvalue weighted by molar-refractivity contribution is 5.96. The van der Waals surface area contributed by atoms with Crippen LogP contribution in [0.5, 0.6) is 0 Å². The van der Waals surface area contributed by atoms with Crippen LogP contribution >= 0.6 is 0 Å². The molecule has 8 heteroatoms. The SMILES string of the molecule is O=C(Nc1ccc(C(F)(F)F)nc1)C1CCN(C(=O)c2ccccc2)C1. The molecule has 3 rings (SSSR count). The molecule has 2 amide bonds. The largest absolute Gasteiger partial charge is 0.433 e. The van der Waals surface area contributed by atoms with E-state index in [1.807, 2.05) is 6.07 Å². The molecule has 5 nitrogen and oxygen atoms in total. The fourth-order valence-electron chi connectivity index (χ4n) is 2.80. The summed E-state index contributed by atoms with van der Waals surface area (Å²) in [5, 5.41) is 2.56. The maximum Gasteiger partial charge on any atom is 0.433 e. The fourth-order valence-corrected chi connectivity index (χ4v) is 2.80. The lowest BCUT2D eigenvalue weighted by Gasteiger charge is -2.16. The molecule has 0 bridgehead atoms. The number of rotatable bonds is 3. The Kier molecular flexibility index (Phi) is 4.92. The molecule has 0 aliphatic carbocycles. The number of pyridine rings is 1. The van der Waals surface area contributed by atoms with Crippen molar-refractivity contribution in [1.82, 2.24) is 9.88 Å². The minimum Gasteiger partial charge on any atom is -0.338 e. The molecule has 1 aliphatic heterocycles. The molecular weight excluding hydrogens is 347 g/mol. The van der Waals surface area contributed by atoms with Gasteiger partial charge in [0.1, 0.15) is 5.69 Å². The number of aromatic nitrogens is 1. The Morgan fingerprint density at radius 2 is 1.85 bits per heavy atom. The zero-order valence-corrected chi connectivity index (χ0v) is 13.7. The molecule has 1 aliphatic rings. The van der Waals surface area contributed by atoms with Gasteiger partial charge >= 0.3 is 6.18 Å². The van der Waals surface area contributed by atoms with E-state index in [1.165, 1.54) is 0 Å². The molecule has 1 unspecified atom stereocenters. The number of nitrogens with zero attached hydrogens (tertiary/aromatic N) is 2. The van der Waals surface area contributed by atoms with Crippen LogP contribution in [0, 0.1) is 5.92 Å². The number of hydrogen-bond acceptors (Lipinski definition) is 3. The van der Waals surface area contributed by atoms with Gasteiger partial charge < -0.3 is 10.2 Å². The van der Waals surface area contributed by atoms with Crippen molar-refractivity contribution in [2.45, 2.75) is 12.6 Å². The summed E-state index contributed by atoms with van der Waals surface area (Å²) >= 11 is 0. The second-order valence-corrected chi connectivity index (χ2v) is 6.02. The predicted octanol–water partition coefficient (Wildman–Crippen LogP) is 3.20. The molecule has 1 aromatic heterocycles. The van der Waals surface area contributed by atoms with Crippen molar-refractivity contribution >= 4 is 17.5 Å². The van der Waals surface area contributed by atoms with Crippen molar-refractivity contribution in [3.63, 3.8) is 0 Å². The topological polar surface area (TPSA) is 62.3 Å². The standard InChI is InChI=1S/C18H16F3N3O2/c19-18(20,21)15-7-6-14(10-22-15)23-16(25)13-8-9-24(11-13)17(26)12-4-2-1-3-5-12/h1-7,10,13H,8-9,11H2,(H,23,25). The highest BCUT2D eigenvalue weighted by Gasteiger charge is 2.33. The van der Waals surface area contributed by atoms with Gasteiger partial charge in [0.2, 0.25) is 5.91 Å². The first-order valence-electron chi connectivity index (χ1n) is 8.03. The third-order valence-corrected chi connectivity index (χ3v) is 4.19. The zero-order chi connectivity index (χ0) is 18.7. The van der Waals surface area contributed by atoms with Crippen LogP contribution in [0.1, 0.15) is 22.5 Å². The summed E-state index contributed by atoms with van der Waals surface area (Å²) in [5.41, 5.74) is -0.271. The average Bonchev–Trinajstić information content (AvgIpc) is 3.12. The minimum absolute atomic E-state index is 0.142. The summed E-state index contributed by atoms with van der Waals surface area (Å²) in [5.74, 6) is -0.892. The third-order valence-electron chi connectivity index (χ3n) is 4.19. The maximum atomic E-state index is 12.5. The van der Waals surface area contributed by atoms with E-state index in [-0.39, 0.29) is 24.0 Å². The minimum atomic E-state index is -4.52. The molecule has 2 aromatic rings. The summed E-state index contributed by atoms with van der Waals surface area (Å²) in [6, 6.07) is 10.8. The molecule has 0 radical (unpaired) electrons. The maximum absolute atomic E-state index is 12.5. The van der Waals surface area contributed by atoms with E-state index < -0.39 is 17.8 Å². The zero-order valence-electron chi connectivity index (χ0n) is 13.7. The molecule has 1 saturated heterocycles. The first-order valence-corrected chi connectivity index (χ1v) is 8.03. The summed E-state index contributed by atoms with van der Waals surface area (Å²) in [4.78, 5) is 29.6. The smallest absolute Gasteiger partial charge is 0.338 e. The van der Waals surface area contributed by atoms with E-state index >= 15 is 0 Å². The predicted molar refractivity (Wildman–Crippen MR) is 88.3 cm³/mol. The molecule has 0 saturated carbocycles. The summed E-state index contributed by atoms with van der Waals surface area (Å²) in [6.07, 6.45) is -3.05. The van der Waals surface area contributed by atoms with Gasteiger partial charge in [-0.2, -0.15) is 13.2 Å². The lowest BCUT2D eigenvalue weighted by Crippen LogP contribution is -2.31. The highest BCUT2D eigenvalue weighted by atomic mass is 19.4. The van der Waals surface area contributed by atoms with Crippen molar-refractivity contribution in [3.8, 4) is 0 Å². The van der Waals surface area contributed by atoms with Gasteiger partial charge in [0, 0.05) is 18.7 Å². The second-order valence-electron chi connectivity index (χ2n) is 6.02. The third kappa shape index (κ3) is 4.01. The van der Waals surface area contributed by atoms with Gasteiger partial charge in [-0.25, -0.2) is 4.98 Å². The molecule has 26 heavy (non-hydrogen) atoms. The highest BCUT2D eigenvalue weighted by Crippen LogP contribution is 2.28. The first-order chi connectivity index (χ1) is 12.3. The Morgan fingerprint density at radius 3 is 2.46 bits per heavy atom. The molecule has 2 heterocycles. The Balaban J connectivity index is 1.59. The normalized spacial score (nSPS) is 17.2. The lowest BCUT2D eigenvalue weighted by atomic mass is 10.1. The molecule has 136 valence electrons. The number of carbonyl (C=O) groups is 2. The van der Waals surface area contributed by atoms with Gasteiger partial charge in [0.25, 0.3) is 5.91 Å². The van der Waals surface area contributed by atoms with Gasteiger partial charge in [-0.3, -0.25) is 9.59 Å². The summed E-state index contributed by atoms with van der Waals surface area (Å²) in [6.45, 7) is 0.727. The van der Waals surface area contributed by atoms with Crippen LogP contribution in [0.4, 0.5) is 18.9 Å². The number of carbonyl (C=O) groups excluding carboxylic acids is 2. The monoisotopic (exact) mass is 363 g/mol. The fraction of sp³-hybridized carbons (Fsp3) is 0.278. The number of alkyl halides is 3. The van der Waals surface area contributed by atoms with Crippen molar-refractivity contribution in [2.75, 3.05) is 18.4 Å². The average molecular weight is 363 g/mol. The van der Waals surface area contributed by atoms with E-state index in [9.17, 15) is 22.8 Å². The van der Waals surface area contributed by atoms with Crippen LogP contribution in [0.3, 0.4) is 0 Å². The van der Waals surface area contributed by atoms with Crippen molar-refractivity contribution in [2.24, 2.45) is 5.92 Å². The first kappa shape index (κ1) is 17.9. The van der Waals surface area contributed by atoms with Crippen molar-refractivity contribution in [1.29, 1.82) is 0 Å². The van der Waals surface area contributed by atoms with E-state index in [0.29, 0.717) is 18.5 Å². The number of hydrogen-bond donors (Lipinski definition) is 1. The molecule has 1 N–H and O–H groups in total. The van der Waals surface area contributed by atoms with Gasteiger partial charge in [-0.1, -0.05) is 18.2 Å². The van der Waals surface area contributed by atoms with Gasteiger partial charge in [-0.05, 0) is 30.7 Å². The second kappa shape index (κ2) is 7.15. The van der Waals surface area contributed by atoms with Crippen LogP contribution in [0.2, 0.25) is 0 Å². The van der Waals surface area contributed by atoms with Gasteiger partial charge in [0.15, 0.2) is 0 Å². The van der Waals surface area contributed by atoms with E-state index in [1.54, 1.807) is 29.2 Å². The molecule has 0 spiro atoms. The van der Waals surface area contributed by atoms with Gasteiger partial charge in [0.05, 0.1) is 17.8 Å². The Morgan fingerprint density at radius 1 is 1.12 bits per heavy atom. The molecule has 1 aromatic carbocycles. The molecule has 1 atom stereocenters. The quantitative estimate of drug-likeness (QED) is 0.911. The molecule has 1 fully saturated rings. The summed E-state index contributed by atoms with van der Waals surface area (Å²) < 4.78 is 37.5. The van der Waals surface area contributed by atoms with E-state index in [0.717, 1.165) is 18.3 Å². The Labute approximate surface area is 147 Å². The van der Waals surface area contributed by atoms with Gasteiger partial charge in [-0.15, -0.1) is 0 Å². The number of likely N-dealkylation sites (tertiary alicyclic amines) is 1. The molecular formula is C18H16F3N3O2. The Hall–Kier alpha value is -2.90. The summed E-state index contributed by atoms with van der Waals surface area (Å²) in [7, 11) is 0. The van der Waals surface area contributed by atoms with E-state index in [4.69, 9.17) is 0 Å². The van der Waals surface area contributed by atoms with Crippen LogP contribution in [0.25, 0.3) is 0 Å². The van der Waals surface area contributed by atoms with E-state index in [2.05, 4.69) is 10.3 Å². The van der Waals surface area contributed by atoms with Crippen LogP contribution in [0.15, 0.2) is 48.7 Å². The van der Waals surface area contributed by atoms with Crippen molar-refractivity contribution in [3.05, 3.63) is 59.9 Å². The number of nitrogens with one attached hydrogen (secondary N) is 1. The number of benzene rings is 1. The Bertz CT molecular complexity index is 792. The number of halogens is 3. The van der Waals surface area contributed by atoms with Crippen LogP contribution in [-0.2, 0) is 11.0 Å². The van der Waals surface area contributed by atoms with Crippen molar-refractivity contribution < 1.29 is 22.8 Å². The lowest BCUT2D eigenvalue weighted by molar-refractivity contribution is -0.141. The number of amides is 2.